The van der Waals surface area contributed by atoms with E-state index in [2.05, 4.69) is 6.92 Å². The minimum Gasteiger partial charge on any atom is -0.381 e. The van der Waals surface area contributed by atoms with Crippen molar-refractivity contribution in [1.82, 2.24) is 4.98 Å². The molecule has 0 aromatic carbocycles. The Morgan fingerprint density at radius 2 is 2.19 bits per heavy atom. The first-order valence-electron chi connectivity index (χ1n) is 5.96. The highest BCUT2D eigenvalue weighted by atomic mass is 32.1. The Morgan fingerprint density at radius 1 is 1.50 bits per heavy atom. The van der Waals surface area contributed by atoms with Crippen molar-refractivity contribution in [3.63, 3.8) is 0 Å². The second kappa shape index (κ2) is 5.25. The van der Waals surface area contributed by atoms with Crippen LogP contribution >= 0.6 is 11.3 Å². The van der Waals surface area contributed by atoms with Gasteiger partial charge in [0.05, 0.1) is 10.7 Å². The largest absolute Gasteiger partial charge is 0.381 e. The molecule has 1 aliphatic rings. The summed E-state index contributed by atoms with van der Waals surface area (Å²) < 4.78 is 5.38. The lowest BCUT2D eigenvalue weighted by Crippen LogP contribution is -2.17. The number of aromatic nitrogens is 1. The molecule has 3 nitrogen and oxygen atoms in total. The van der Waals surface area contributed by atoms with Gasteiger partial charge in [0.1, 0.15) is 0 Å². The molecule has 16 heavy (non-hydrogen) atoms. The van der Waals surface area contributed by atoms with E-state index < -0.39 is 0 Å². The van der Waals surface area contributed by atoms with Gasteiger partial charge < -0.3 is 10.5 Å². The van der Waals surface area contributed by atoms with Crippen LogP contribution in [0.15, 0.2) is 0 Å². The van der Waals surface area contributed by atoms with E-state index in [1.54, 1.807) is 0 Å². The number of ether oxygens (including phenoxy) is 1. The van der Waals surface area contributed by atoms with Crippen molar-refractivity contribution < 1.29 is 4.74 Å². The van der Waals surface area contributed by atoms with Crippen molar-refractivity contribution in [3.05, 3.63) is 15.6 Å². The number of hydrogen-bond donors (Lipinski definition) is 1. The summed E-state index contributed by atoms with van der Waals surface area (Å²) in [7, 11) is 0. The standard InChI is InChI=1S/C12H20N2OS/c1-8(13)7-11-9(2)14-12(16-11)10-3-5-15-6-4-10/h8,10H,3-7,13H2,1-2H3. The van der Waals surface area contributed by atoms with Gasteiger partial charge in [-0.1, -0.05) is 0 Å². The topological polar surface area (TPSA) is 48.1 Å². The smallest absolute Gasteiger partial charge is 0.0963 e. The maximum atomic E-state index is 5.84. The van der Waals surface area contributed by atoms with Crippen molar-refractivity contribution in [2.24, 2.45) is 5.73 Å². The van der Waals surface area contributed by atoms with E-state index in [1.807, 2.05) is 18.3 Å². The van der Waals surface area contributed by atoms with Crippen LogP contribution in [-0.2, 0) is 11.2 Å². The maximum absolute atomic E-state index is 5.84. The van der Waals surface area contributed by atoms with E-state index in [-0.39, 0.29) is 6.04 Å². The highest BCUT2D eigenvalue weighted by Gasteiger charge is 2.20. The molecular formula is C12H20N2OS. The summed E-state index contributed by atoms with van der Waals surface area (Å²) in [5.41, 5.74) is 7.01. The van der Waals surface area contributed by atoms with Crippen molar-refractivity contribution in [2.45, 2.75) is 45.1 Å². The zero-order valence-corrected chi connectivity index (χ0v) is 10.8. The van der Waals surface area contributed by atoms with Gasteiger partial charge in [-0.3, -0.25) is 0 Å². The summed E-state index contributed by atoms with van der Waals surface area (Å²) in [6.07, 6.45) is 3.18. The van der Waals surface area contributed by atoms with E-state index in [0.29, 0.717) is 5.92 Å². The molecule has 1 aliphatic heterocycles. The van der Waals surface area contributed by atoms with Gasteiger partial charge in [0, 0.05) is 30.1 Å². The average molecular weight is 240 g/mol. The molecular weight excluding hydrogens is 220 g/mol. The van der Waals surface area contributed by atoms with Gasteiger partial charge in [0.15, 0.2) is 0 Å². The number of hydrogen-bond acceptors (Lipinski definition) is 4. The Bertz CT molecular complexity index is 343. The quantitative estimate of drug-likeness (QED) is 0.881. The Hall–Kier alpha value is -0.450. The first kappa shape index (κ1) is 12.0. The molecule has 0 saturated carbocycles. The Morgan fingerprint density at radius 3 is 2.81 bits per heavy atom. The van der Waals surface area contributed by atoms with Crippen LogP contribution in [-0.4, -0.2) is 24.2 Å². The lowest BCUT2D eigenvalue weighted by Gasteiger charge is -2.19. The van der Waals surface area contributed by atoms with E-state index in [4.69, 9.17) is 15.5 Å². The van der Waals surface area contributed by atoms with Gasteiger partial charge in [-0.2, -0.15) is 0 Å². The summed E-state index contributed by atoms with van der Waals surface area (Å²) in [6.45, 7) is 5.90. The normalized spacial score (nSPS) is 19.9. The zero-order valence-electron chi connectivity index (χ0n) is 10.0. The fourth-order valence-corrected chi connectivity index (χ4v) is 3.43. The predicted octanol–water partition coefficient (Wildman–Crippen LogP) is 2.24. The zero-order chi connectivity index (χ0) is 11.5. The number of thiazole rings is 1. The van der Waals surface area contributed by atoms with Gasteiger partial charge in [-0.05, 0) is 33.1 Å². The van der Waals surface area contributed by atoms with Crippen LogP contribution in [0.25, 0.3) is 0 Å². The number of nitrogens with zero attached hydrogens (tertiary/aromatic N) is 1. The predicted molar refractivity (Wildman–Crippen MR) is 67.0 cm³/mol. The van der Waals surface area contributed by atoms with Gasteiger partial charge in [-0.25, -0.2) is 4.98 Å². The third-order valence-corrected chi connectivity index (χ3v) is 4.33. The summed E-state index contributed by atoms with van der Waals surface area (Å²) in [4.78, 5) is 6.05. The van der Waals surface area contributed by atoms with Gasteiger partial charge in [0.25, 0.3) is 0 Å². The van der Waals surface area contributed by atoms with Gasteiger partial charge >= 0.3 is 0 Å². The van der Waals surface area contributed by atoms with Crippen LogP contribution in [0.3, 0.4) is 0 Å². The first-order chi connectivity index (χ1) is 7.66. The molecule has 0 amide bonds. The molecule has 1 aromatic rings. The molecule has 1 fully saturated rings. The van der Waals surface area contributed by atoms with E-state index in [9.17, 15) is 0 Å². The number of aryl methyl sites for hydroxylation is 1. The summed E-state index contributed by atoms with van der Waals surface area (Å²) in [5.74, 6) is 0.610. The maximum Gasteiger partial charge on any atom is 0.0963 e. The average Bonchev–Trinajstić information content (AvgIpc) is 2.61. The van der Waals surface area contributed by atoms with Crippen molar-refractivity contribution >= 4 is 11.3 Å². The molecule has 4 heteroatoms. The lowest BCUT2D eigenvalue weighted by molar-refractivity contribution is 0.0852. The molecule has 1 saturated heterocycles. The number of nitrogens with two attached hydrogens (primary N) is 1. The molecule has 0 spiro atoms. The summed E-state index contributed by atoms with van der Waals surface area (Å²) in [5, 5.41) is 1.29. The van der Waals surface area contributed by atoms with Gasteiger partial charge in [0.2, 0.25) is 0 Å². The minimum atomic E-state index is 0.224. The van der Waals surface area contributed by atoms with E-state index in [1.165, 1.54) is 15.6 Å². The lowest BCUT2D eigenvalue weighted by atomic mass is 10.0. The Kier molecular flexibility index (Phi) is 3.95. The second-order valence-electron chi connectivity index (χ2n) is 4.63. The van der Waals surface area contributed by atoms with Crippen LogP contribution in [0, 0.1) is 6.92 Å². The molecule has 0 radical (unpaired) electrons. The van der Waals surface area contributed by atoms with Crippen molar-refractivity contribution in [1.29, 1.82) is 0 Å². The van der Waals surface area contributed by atoms with Crippen LogP contribution in [0.2, 0.25) is 0 Å². The third-order valence-electron chi connectivity index (χ3n) is 2.99. The Balaban J connectivity index is 2.09. The molecule has 1 atom stereocenters. The highest BCUT2D eigenvalue weighted by Crippen LogP contribution is 2.32. The van der Waals surface area contributed by atoms with E-state index in [0.717, 1.165) is 32.5 Å². The Labute approximate surface area is 101 Å². The molecule has 2 heterocycles. The summed E-state index contributed by atoms with van der Waals surface area (Å²) >= 11 is 1.85. The number of rotatable bonds is 3. The first-order valence-corrected chi connectivity index (χ1v) is 6.78. The molecule has 2 rings (SSSR count). The second-order valence-corrected chi connectivity index (χ2v) is 5.74. The molecule has 90 valence electrons. The van der Waals surface area contributed by atoms with Gasteiger partial charge in [-0.15, -0.1) is 11.3 Å². The fraction of sp³-hybridized carbons (Fsp3) is 0.750. The molecule has 0 aliphatic carbocycles. The summed E-state index contributed by atoms with van der Waals surface area (Å²) in [6, 6.07) is 0.224. The third kappa shape index (κ3) is 2.81. The SMILES string of the molecule is Cc1nc(C2CCOCC2)sc1CC(C)N. The molecule has 0 bridgehead atoms. The molecule has 2 N–H and O–H groups in total. The molecule has 1 unspecified atom stereocenters. The van der Waals surface area contributed by atoms with E-state index >= 15 is 0 Å². The van der Waals surface area contributed by atoms with Crippen LogP contribution in [0.1, 0.15) is 41.3 Å². The van der Waals surface area contributed by atoms with Crippen LogP contribution < -0.4 is 5.73 Å². The van der Waals surface area contributed by atoms with Crippen molar-refractivity contribution in [3.8, 4) is 0 Å². The van der Waals surface area contributed by atoms with Crippen molar-refractivity contribution in [2.75, 3.05) is 13.2 Å². The molecule has 1 aromatic heterocycles. The highest BCUT2D eigenvalue weighted by molar-refractivity contribution is 7.11. The minimum absolute atomic E-state index is 0.224. The monoisotopic (exact) mass is 240 g/mol. The van der Waals surface area contributed by atoms with Crippen LogP contribution in [0.5, 0.6) is 0 Å². The van der Waals surface area contributed by atoms with Crippen LogP contribution in [0.4, 0.5) is 0 Å². The fourth-order valence-electron chi connectivity index (χ4n) is 2.05.